The van der Waals surface area contributed by atoms with Gasteiger partial charge in [0.25, 0.3) is 0 Å². The van der Waals surface area contributed by atoms with E-state index in [1.54, 1.807) is 0 Å². The maximum Gasteiger partial charge on any atom is 0.343 e. The minimum Gasteiger partial charge on any atom is -0.311 e. The standard InChI is InChI=1S/C2H6ClO3PS/c1-4-7(8,5-2)6-3/h1-2H3. The molecule has 0 aliphatic heterocycles. The molecular formula is C2H6ClO3PS. The van der Waals surface area contributed by atoms with Gasteiger partial charge in [-0.1, -0.05) is 0 Å². The lowest BCUT2D eigenvalue weighted by molar-refractivity contribution is 0.280. The Morgan fingerprint density at radius 2 is 1.75 bits per heavy atom. The van der Waals surface area contributed by atoms with E-state index in [1.807, 2.05) is 0 Å². The van der Waals surface area contributed by atoms with E-state index >= 15 is 0 Å². The van der Waals surface area contributed by atoms with Crippen molar-refractivity contribution in [1.29, 1.82) is 0 Å². The van der Waals surface area contributed by atoms with E-state index in [4.69, 9.17) is 11.9 Å². The molecule has 0 radical (unpaired) electrons. The summed E-state index contributed by atoms with van der Waals surface area (Å²) >= 11 is 9.52. The molecule has 6 heteroatoms. The molecule has 0 rings (SSSR count). The zero-order chi connectivity index (χ0) is 6.62. The van der Waals surface area contributed by atoms with Gasteiger partial charge >= 0.3 is 6.72 Å². The maximum atomic E-state index is 4.90. The van der Waals surface area contributed by atoms with Crippen LogP contribution in [0.5, 0.6) is 0 Å². The fraction of sp³-hybridized carbons (Fsp3) is 1.00. The molecule has 50 valence electrons. The first-order valence-electron chi connectivity index (χ1n) is 1.70. The molecule has 0 saturated heterocycles. The minimum atomic E-state index is -2.56. The Morgan fingerprint density at radius 3 is 1.75 bits per heavy atom. The molecule has 0 saturated carbocycles. The molecule has 3 nitrogen and oxygen atoms in total. The maximum absolute atomic E-state index is 4.90. The molecule has 0 amide bonds. The van der Waals surface area contributed by atoms with Crippen LogP contribution in [0.25, 0.3) is 0 Å². The Balaban J connectivity index is 3.79. The predicted octanol–water partition coefficient (Wildman–Crippen LogP) is 1.67. The lowest BCUT2D eigenvalue weighted by Crippen LogP contribution is -1.84. The third kappa shape index (κ3) is 2.40. The monoisotopic (exact) mass is 176 g/mol. The Hall–Kier alpha value is 0.820. The van der Waals surface area contributed by atoms with E-state index in [9.17, 15) is 0 Å². The highest BCUT2D eigenvalue weighted by molar-refractivity contribution is 8.07. The molecule has 0 aromatic rings. The first-order chi connectivity index (χ1) is 3.68. The van der Waals surface area contributed by atoms with Crippen LogP contribution in [0, 0.1) is 0 Å². The molecule has 0 N–H and O–H groups in total. The van der Waals surface area contributed by atoms with Crippen LogP contribution in [0.3, 0.4) is 0 Å². The number of rotatable bonds is 3. The van der Waals surface area contributed by atoms with Crippen molar-refractivity contribution in [1.82, 2.24) is 0 Å². The molecule has 0 fully saturated rings. The van der Waals surface area contributed by atoms with Crippen LogP contribution in [0.2, 0.25) is 0 Å². The SMILES string of the molecule is COP(=S)(OC)OCl. The van der Waals surface area contributed by atoms with E-state index in [0.29, 0.717) is 0 Å². The van der Waals surface area contributed by atoms with Crippen LogP contribution in [-0.2, 0) is 24.9 Å². The van der Waals surface area contributed by atoms with Crippen molar-refractivity contribution in [2.45, 2.75) is 0 Å². The molecular weight excluding hydrogens is 171 g/mol. The molecule has 8 heavy (non-hydrogen) atoms. The second kappa shape index (κ2) is 3.77. The van der Waals surface area contributed by atoms with Gasteiger partial charge in [-0.25, -0.2) is 0 Å². The first-order valence-corrected chi connectivity index (χ1v) is 4.57. The summed E-state index contributed by atoms with van der Waals surface area (Å²) in [5.41, 5.74) is 0. The Bertz CT molecular complexity index is 88.4. The van der Waals surface area contributed by atoms with Crippen molar-refractivity contribution in [3.05, 3.63) is 0 Å². The highest BCUT2D eigenvalue weighted by Crippen LogP contribution is 2.49. The fourth-order valence-corrected chi connectivity index (χ4v) is 0.731. The largest absolute Gasteiger partial charge is 0.343 e. The summed E-state index contributed by atoms with van der Waals surface area (Å²) in [5, 5.41) is 0. The quantitative estimate of drug-likeness (QED) is 0.612. The van der Waals surface area contributed by atoms with Gasteiger partial charge in [-0.15, -0.1) is 0 Å². The van der Waals surface area contributed by atoms with Gasteiger partial charge in [0.05, 0.1) is 11.9 Å². The van der Waals surface area contributed by atoms with Gasteiger partial charge in [0.2, 0.25) is 0 Å². The average molecular weight is 177 g/mol. The zero-order valence-electron chi connectivity index (χ0n) is 4.46. The van der Waals surface area contributed by atoms with Crippen LogP contribution < -0.4 is 0 Å². The summed E-state index contributed by atoms with van der Waals surface area (Å²) in [6, 6.07) is 0. The predicted molar refractivity (Wildman–Crippen MR) is 35.2 cm³/mol. The Labute approximate surface area is 58.3 Å². The van der Waals surface area contributed by atoms with E-state index in [-0.39, 0.29) is 0 Å². The number of halogens is 1. The minimum absolute atomic E-state index is 1.38. The summed E-state index contributed by atoms with van der Waals surface area (Å²) in [5.74, 6) is 0. The molecule has 0 atom stereocenters. The molecule has 0 aliphatic carbocycles. The molecule has 0 aliphatic rings. The summed E-state index contributed by atoms with van der Waals surface area (Å²) in [6.07, 6.45) is 0. The van der Waals surface area contributed by atoms with E-state index in [1.165, 1.54) is 14.2 Å². The molecule has 0 aromatic heterocycles. The highest BCUT2D eigenvalue weighted by atomic mass is 35.5. The van der Waals surface area contributed by atoms with Crippen molar-refractivity contribution in [2.24, 2.45) is 0 Å². The summed E-state index contributed by atoms with van der Waals surface area (Å²) < 4.78 is 13.4. The van der Waals surface area contributed by atoms with Gasteiger partial charge in [0.15, 0.2) is 0 Å². The second-order valence-corrected chi connectivity index (χ2v) is 4.40. The fourth-order valence-electron chi connectivity index (χ4n) is 0.131. The average Bonchev–Trinajstić information content (AvgIpc) is 1.87. The second-order valence-electron chi connectivity index (χ2n) is 0.881. The first kappa shape index (κ1) is 8.82. The highest BCUT2D eigenvalue weighted by Gasteiger charge is 2.14. The Morgan fingerprint density at radius 1 is 1.38 bits per heavy atom. The van der Waals surface area contributed by atoms with Crippen molar-refractivity contribution in [3.8, 4) is 0 Å². The molecule has 0 heterocycles. The lowest BCUT2D eigenvalue weighted by atomic mass is 11.8. The van der Waals surface area contributed by atoms with Gasteiger partial charge < -0.3 is 9.05 Å². The van der Waals surface area contributed by atoms with Crippen molar-refractivity contribution >= 4 is 30.4 Å². The van der Waals surface area contributed by atoms with Crippen LogP contribution in [-0.4, -0.2) is 14.2 Å². The van der Waals surface area contributed by atoms with Gasteiger partial charge in [0, 0.05) is 14.2 Å². The van der Waals surface area contributed by atoms with Crippen LogP contribution in [0.4, 0.5) is 0 Å². The third-order valence-corrected chi connectivity index (χ3v) is 3.50. The zero-order valence-corrected chi connectivity index (χ0v) is 6.93. The van der Waals surface area contributed by atoms with Crippen LogP contribution in [0.15, 0.2) is 0 Å². The van der Waals surface area contributed by atoms with Gasteiger partial charge in [-0.05, 0) is 11.8 Å². The number of hydrogen-bond acceptors (Lipinski definition) is 4. The van der Waals surface area contributed by atoms with Gasteiger partial charge in [0.1, 0.15) is 0 Å². The van der Waals surface area contributed by atoms with Gasteiger partial charge in [-0.3, -0.25) is 0 Å². The van der Waals surface area contributed by atoms with Crippen molar-refractivity contribution in [2.75, 3.05) is 14.2 Å². The van der Waals surface area contributed by atoms with E-state index < -0.39 is 6.72 Å². The molecule has 0 unspecified atom stereocenters. The molecule has 0 spiro atoms. The summed E-state index contributed by atoms with van der Waals surface area (Å²) in [4.78, 5) is 0. The summed E-state index contributed by atoms with van der Waals surface area (Å²) in [7, 11) is 2.76. The molecule has 0 bridgehead atoms. The number of hydrogen-bond donors (Lipinski definition) is 0. The topological polar surface area (TPSA) is 27.7 Å². The van der Waals surface area contributed by atoms with Crippen molar-refractivity contribution < 1.29 is 13.1 Å². The third-order valence-electron chi connectivity index (χ3n) is 0.532. The molecule has 0 aromatic carbocycles. The summed E-state index contributed by atoms with van der Waals surface area (Å²) in [6.45, 7) is -2.56. The van der Waals surface area contributed by atoms with Crippen molar-refractivity contribution in [3.63, 3.8) is 0 Å². The van der Waals surface area contributed by atoms with Gasteiger partial charge in [-0.2, -0.15) is 4.08 Å². The van der Waals surface area contributed by atoms with E-state index in [2.05, 4.69) is 24.9 Å². The van der Waals surface area contributed by atoms with Crippen LogP contribution in [0.1, 0.15) is 0 Å². The van der Waals surface area contributed by atoms with E-state index in [0.717, 1.165) is 0 Å². The Kier molecular flexibility index (Phi) is 4.16. The van der Waals surface area contributed by atoms with Crippen LogP contribution >= 0.6 is 18.6 Å². The lowest BCUT2D eigenvalue weighted by Gasteiger charge is -2.10. The normalized spacial score (nSPS) is 11.9. The smallest absolute Gasteiger partial charge is 0.311 e.